The fourth-order valence-electron chi connectivity index (χ4n) is 4.28. The number of carbonyl (C=O) groups is 1. The van der Waals surface area contributed by atoms with Gasteiger partial charge < -0.3 is 9.84 Å². The number of aromatic nitrogens is 1. The second-order valence-electron chi connectivity index (χ2n) is 8.59. The number of amides is 1. The van der Waals surface area contributed by atoms with Crippen molar-refractivity contribution >= 4 is 21.6 Å². The Balaban J connectivity index is 1.33. The maximum Gasteiger partial charge on any atom is 0.243 e. The van der Waals surface area contributed by atoms with E-state index in [-0.39, 0.29) is 17.2 Å². The lowest BCUT2D eigenvalue weighted by Crippen LogP contribution is -2.38. The summed E-state index contributed by atoms with van der Waals surface area (Å²) in [5.41, 5.74) is 3.30. The average Bonchev–Trinajstić information content (AvgIpc) is 3.12. The topological polar surface area (TPSA) is 92.5 Å². The highest BCUT2D eigenvalue weighted by atomic mass is 32.2. The molecule has 0 bridgehead atoms. The fraction of sp³-hybridized carbons (Fsp3) is 0.360. The Labute approximate surface area is 194 Å². The second kappa shape index (κ2) is 9.89. The molecule has 1 fully saturated rings. The summed E-state index contributed by atoms with van der Waals surface area (Å²) in [6.07, 6.45) is 2.84. The smallest absolute Gasteiger partial charge is 0.243 e. The number of hydrogen-bond donors (Lipinski definition) is 1. The summed E-state index contributed by atoms with van der Waals surface area (Å²) in [4.78, 5) is 12.6. The molecular weight excluding hydrogens is 438 g/mol. The van der Waals surface area contributed by atoms with Gasteiger partial charge in [0.2, 0.25) is 15.9 Å². The zero-order valence-corrected chi connectivity index (χ0v) is 19.8. The Kier molecular flexibility index (Phi) is 6.95. The third kappa shape index (κ3) is 5.51. The lowest BCUT2D eigenvalue weighted by molar-refractivity contribution is -0.115. The summed E-state index contributed by atoms with van der Waals surface area (Å²) in [5.74, 6) is 0.909. The van der Waals surface area contributed by atoms with E-state index in [1.54, 1.807) is 42.4 Å². The number of rotatable bonds is 7. The van der Waals surface area contributed by atoms with E-state index in [1.807, 2.05) is 18.2 Å². The Bertz CT molecular complexity index is 1180. The highest BCUT2D eigenvalue weighted by Crippen LogP contribution is 2.27. The van der Waals surface area contributed by atoms with Gasteiger partial charge in [0.1, 0.15) is 5.76 Å². The van der Waals surface area contributed by atoms with E-state index in [1.165, 1.54) is 5.56 Å². The average molecular weight is 468 g/mol. The largest absolute Gasteiger partial charge is 0.361 e. The van der Waals surface area contributed by atoms with Crippen LogP contribution in [0.1, 0.15) is 35.4 Å². The standard InChI is InChI=1S/C25H29N3O4S/c1-18-24(19(2)32-27-18)17-25(29)26-22-8-10-23(11-9-22)33(30,31)28-14-12-21(13-15-28)16-20-6-4-3-5-7-20/h3-11,21H,12-17H2,1-2H3,(H,26,29). The molecule has 1 N–H and O–H groups in total. The molecule has 33 heavy (non-hydrogen) atoms. The molecule has 4 rings (SSSR count). The molecule has 2 aromatic carbocycles. The van der Waals surface area contributed by atoms with Gasteiger partial charge in [-0.3, -0.25) is 4.79 Å². The minimum Gasteiger partial charge on any atom is -0.361 e. The van der Waals surface area contributed by atoms with E-state index in [4.69, 9.17) is 4.52 Å². The number of benzene rings is 2. The summed E-state index contributed by atoms with van der Waals surface area (Å²) < 4.78 is 32.8. The summed E-state index contributed by atoms with van der Waals surface area (Å²) in [7, 11) is -3.56. The molecule has 1 saturated heterocycles. The van der Waals surface area contributed by atoms with Crippen molar-refractivity contribution in [3.8, 4) is 0 Å². The van der Waals surface area contributed by atoms with Crippen molar-refractivity contribution in [3.63, 3.8) is 0 Å². The Hall–Kier alpha value is -2.97. The van der Waals surface area contributed by atoms with Crippen LogP contribution in [0.2, 0.25) is 0 Å². The summed E-state index contributed by atoms with van der Waals surface area (Å²) in [6.45, 7) is 4.61. The van der Waals surface area contributed by atoms with Gasteiger partial charge in [0.25, 0.3) is 0 Å². The van der Waals surface area contributed by atoms with Crippen LogP contribution in [0.4, 0.5) is 5.69 Å². The van der Waals surface area contributed by atoms with Crippen molar-refractivity contribution in [2.24, 2.45) is 5.92 Å². The van der Waals surface area contributed by atoms with Gasteiger partial charge in [-0.25, -0.2) is 8.42 Å². The molecule has 0 spiro atoms. The van der Waals surface area contributed by atoms with Crippen LogP contribution in [0.25, 0.3) is 0 Å². The van der Waals surface area contributed by atoms with Crippen LogP contribution in [-0.4, -0.2) is 36.9 Å². The van der Waals surface area contributed by atoms with Gasteiger partial charge in [-0.05, 0) is 68.9 Å². The van der Waals surface area contributed by atoms with Crippen LogP contribution in [0.15, 0.2) is 64.0 Å². The number of aryl methyl sites for hydroxylation is 2. The first-order valence-corrected chi connectivity index (χ1v) is 12.6. The molecule has 0 aliphatic carbocycles. The number of anilines is 1. The van der Waals surface area contributed by atoms with Crippen LogP contribution in [-0.2, 0) is 27.7 Å². The number of nitrogens with one attached hydrogen (secondary N) is 1. The number of carbonyl (C=O) groups excluding carboxylic acids is 1. The minimum absolute atomic E-state index is 0.152. The van der Waals surface area contributed by atoms with Gasteiger partial charge in [0, 0.05) is 24.3 Å². The summed E-state index contributed by atoms with van der Waals surface area (Å²) in [6, 6.07) is 16.7. The van der Waals surface area contributed by atoms with Gasteiger partial charge in [0.15, 0.2) is 0 Å². The first-order valence-electron chi connectivity index (χ1n) is 11.2. The normalized spacial score (nSPS) is 15.5. The Morgan fingerprint density at radius 3 is 2.33 bits per heavy atom. The van der Waals surface area contributed by atoms with E-state index >= 15 is 0 Å². The fourth-order valence-corrected chi connectivity index (χ4v) is 5.75. The number of hydrogen-bond acceptors (Lipinski definition) is 5. The van der Waals surface area contributed by atoms with Crippen LogP contribution >= 0.6 is 0 Å². The zero-order chi connectivity index (χ0) is 23.4. The van der Waals surface area contributed by atoms with Crippen molar-refractivity contribution in [2.45, 2.75) is 44.4 Å². The van der Waals surface area contributed by atoms with Crippen LogP contribution < -0.4 is 5.32 Å². The van der Waals surface area contributed by atoms with E-state index < -0.39 is 10.0 Å². The minimum atomic E-state index is -3.56. The first-order chi connectivity index (χ1) is 15.8. The number of sulfonamides is 1. The quantitative estimate of drug-likeness (QED) is 0.564. The Morgan fingerprint density at radius 2 is 1.73 bits per heavy atom. The molecule has 0 atom stereocenters. The van der Waals surface area contributed by atoms with Gasteiger partial charge in [-0.1, -0.05) is 35.5 Å². The zero-order valence-electron chi connectivity index (χ0n) is 19.0. The molecular formula is C25H29N3O4S. The van der Waals surface area contributed by atoms with Crippen molar-refractivity contribution in [2.75, 3.05) is 18.4 Å². The molecule has 0 unspecified atom stereocenters. The predicted molar refractivity (Wildman–Crippen MR) is 126 cm³/mol. The molecule has 3 aromatic rings. The predicted octanol–water partition coefficient (Wildman–Crippen LogP) is 4.12. The molecule has 7 nitrogen and oxygen atoms in total. The summed E-state index contributed by atoms with van der Waals surface area (Å²) in [5, 5.41) is 6.66. The highest BCUT2D eigenvalue weighted by molar-refractivity contribution is 7.89. The van der Waals surface area contributed by atoms with Crippen LogP contribution in [0, 0.1) is 19.8 Å². The van der Waals surface area contributed by atoms with Crippen molar-refractivity contribution in [3.05, 3.63) is 77.2 Å². The van der Waals surface area contributed by atoms with Crippen molar-refractivity contribution in [1.29, 1.82) is 0 Å². The van der Waals surface area contributed by atoms with E-state index in [2.05, 4.69) is 22.6 Å². The lowest BCUT2D eigenvalue weighted by atomic mass is 9.91. The molecule has 1 aliphatic rings. The molecule has 1 aliphatic heterocycles. The first kappa shape index (κ1) is 23.2. The van der Waals surface area contributed by atoms with Gasteiger partial charge in [-0.2, -0.15) is 4.31 Å². The third-order valence-electron chi connectivity index (χ3n) is 6.24. The van der Waals surface area contributed by atoms with E-state index in [9.17, 15) is 13.2 Å². The highest BCUT2D eigenvalue weighted by Gasteiger charge is 2.29. The lowest BCUT2D eigenvalue weighted by Gasteiger charge is -2.31. The molecule has 0 saturated carbocycles. The van der Waals surface area contributed by atoms with Crippen LogP contribution in [0.5, 0.6) is 0 Å². The van der Waals surface area contributed by atoms with E-state index in [0.717, 1.165) is 24.8 Å². The van der Waals surface area contributed by atoms with Crippen molar-refractivity contribution in [1.82, 2.24) is 9.46 Å². The molecule has 1 amide bonds. The molecule has 2 heterocycles. The molecule has 8 heteroatoms. The van der Waals surface area contributed by atoms with Crippen molar-refractivity contribution < 1.29 is 17.7 Å². The Morgan fingerprint density at radius 1 is 1.06 bits per heavy atom. The maximum absolute atomic E-state index is 13.1. The third-order valence-corrected chi connectivity index (χ3v) is 8.15. The summed E-state index contributed by atoms with van der Waals surface area (Å²) >= 11 is 0. The van der Waals surface area contributed by atoms with Gasteiger partial charge >= 0.3 is 0 Å². The SMILES string of the molecule is Cc1noc(C)c1CC(=O)Nc1ccc(S(=O)(=O)N2CCC(Cc3ccccc3)CC2)cc1. The monoisotopic (exact) mass is 467 g/mol. The molecule has 174 valence electrons. The van der Waals surface area contributed by atoms with Gasteiger partial charge in [0.05, 0.1) is 17.0 Å². The van der Waals surface area contributed by atoms with E-state index in [0.29, 0.717) is 36.1 Å². The molecule has 0 radical (unpaired) electrons. The van der Waals surface area contributed by atoms with Crippen LogP contribution in [0.3, 0.4) is 0 Å². The second-order valence-corrected chi connectivity index (χ2v) is 10.5. The molecule has 1 aromatic heterocycles. The van der Waals surface area contributed by atoms with Gasteiger partial charge in [-0.15, -0.1) is 0 Å². The number of nitrogens with zero attached hydrogens (tertiary/aromatic N) is 2. The maximum atomic E-state index is 13.1. The number of piperidine rings is 1.